The van der Waals surface area contributed by atoms with Gasteiger partial charge in [0.2, 0.25) is 0 Å². The Labute approximate surface area is 198 Å². The first-order valence-electron chi connectivity index (χ1n) is 10.9. The number of aliphatic imine (C=N–C) groups is 1. The van der Waals surface area contributed by atoms with Crippen molar-refractivity contribution >= 4 is 29.9 Å². The number of hydrogen-bond acceptors (Lipinski definition) is 3. The summed E-state index contributed by atoms with van der Waals surface area (Å²) in [5, 5.41) is 3.49. The minimum Gasteiger partial charge on any atom is -0.356 e. The number of unbranched alkanes of at least 4 members (excludes halogenated alkanes) is 1. The van der Waals surface area contributed by atoms with Crippen molar-refractivity contribution in [3.05, 3.63) is 42.4 Å². The number of nitrogens with zero attached hydrogens (tertiary/aromatic N) is 4. The van der Waals surface area contributed by atoms with E-state index in [1.807, 2.05) is 31.4 Å². The first kappa shape index (κ1) is 24.7. The van der Waals surface area contributed by atoms with E-state index >= 15 is 0 Å². The Kier molecular flexibility index (Phi) is 10.6. The van der Waals surface area contributed by atoms with E-state index in [2.05, 4.69) is 56.2 Å². The molecule has 2 N–H and O–H groups in total. The number of guanidine groups is 1. The lowest BCUT2D eigenvalue weighted by atomic mass is 9.99. The monoisotopic (exact) mass is 524 g/mol. The van der Waals surface area contributed by atoms with E-state index in [4.69, 9.17) is 0 Å². The van der Waals surface area contributed by atoms with Crippen molar-refractivity contribution in [3.63, 3.8) is 0 Å². The summed E-state index contributed by atoms with van der Waals surface area (Å²) in [5.74, 6) is 2.76. The van der Waals surface area contributed by atoms with E-state index in [1.54, 1.807) is 0 Å². The van der Waals surface area contributed by atoms with E-state index in [-0.39, 0.29) is 24.0 Å². The van der Waals surface area contributed by atoms with Gasteiger partial charge in [-0.25, -0.2) is 4.98 Å². The van der Waals surface area contributed by atoms with Crippen LogP contribution < -0.4 is 5.32 Å². The second-order valence-corrected chi connectivity index (χ2v) is 8.17. The summed E-state index contributed by atoms with van der Waals surface area (Å²) in [4.78, 5) is 17.1. The Morgan fingerprint density at radius 3 is 2.67 bits per heavy atom. The van der Waals surface area contributed by atoms with Gasteiger partial charge < -0.3 is 20.1 Å². The summed E-state index contributed by atoms with van der Waals surface area (Å²) in [7, 11) is 3.89. The minimum atomic E-state index is 0. The van der Waals surface area contributed by atoms with Crippen LogP contribution in [0.3, 0.4) is 0 Å². The molecule has 1 fully saturated rings. The van der Waals surface area contributed by atoms with E-state index in [1.165, 1.54) is 38.9 Å². The lowest BCUT2D eigenvalue weighted by Crippen LogP contribution is -2.39. The molecule has 0 radical (unpaired) electrons. The molecular formula is C23H37IN6. The quantitative estimate of drug-likeness (QED) is 0.235. The molecule has 0 amide bonds. The average Bonchev–Trinajstić information content (AvgIpc) is 3.21. The van der Waals surface area contributed by atoms with Crippen LogP contribution in [0.1, 0.15) is 38.4 Å². The highest BCUT2D eigenvalue weighted by Crippen LogP contribution is 2.17. The first-order valence-corrected chi connectivity index (χ1v) is 10.9. The van der Waals surface area contributed by atoms with Gasteiger partial charge in [-0.15, -0.1) is 24.0 Å². The summed E-state index contributed by atoms with van der Waals surface area (Å²) in [5.41, 5.74) is 2.20. The summed E-state index contributed by atoms with van der Waals surface area (Å²) < 4.78 is 0. The number of hydrogen-bond donors (Lipinski definition) is 2. The fraction of sp³-hybridized carbons (Fsp3) is 0.565. The Hall–Kier alpha value is -1.61. The van der Waals surface area contributed by atoms with Gasteiger partial charge in [0.25, 0.3) is 0 Å². The van der Waals surface area contributed by atoms with Crippen LogP contribution in [0.4, 0.5) is 0 Å². The number of benzene rings is 1. The van der Waals surface area contributed by atoms with Crippen molar-refractivity contribution in [2.75, 3.05) is 40.3 Å². The van der Waals surface area contributed by atoms with Gasteiger partial charge in [-0.1, -0.05) is 37.3 Å². The molecule has 0 bridgehead atoms. The lowest BCUT2D eigenvalue weighted by Gasteiger charge is -2.30. The first-order chi connectivity index (χ1) is 14.2. The van der Waals surface area contributed by atoms with Gasteiger partial charge in [0.05, 0.1) is 18.4 Å². The van der Waals surface area contributed by atoms with Crippen molar-refractivity contribution in [3.8, 4) is 11.3 Å². The Balaban J connectivity index is 0.00000320. The van der Waals surface area contributed by atoms with E-state index < -0.39 is 0 Å². The standard InChI is InChI=1S/C23H36N6.HI/c1-19-11-15-29(16-12-19)14-8-7-13-25-23(24-2)28(3)18-22-26-17-21(27-22)20-9-5-4-6-10-20;/h4-6,9-10,17,19H,7-8,11-16,18H2,1-3H3,(H,24,25)(H,26,27);1H. The van der Waals surface area contributed by atoms with Crippen LogP contribution in [-0.4, -0.2) is 66.0 Å². The predicted molar refractivity (Wildman–Crippen MR) is 136 cm³/mol. The summed E-state index contributed by atoms with van der Waals surface area (Å²) in [6, 6.07) is 10.3. The SMILES string of the molecule is CN=C(NCCCCN1CCC(C)CC1)N(C)Cc1ncc(-c2ccccc2)[nH]1.I. The third-order valence-electron chi connectivity index (χ3n) is 5.73. The average molecular weight is 524 g/mol. The molecule has 7 heteroatoms. The van der Waals surface area contributed by atoms with Gasteiger partial charge in [0.1, 0.15) is 5.82 Å². The molecule has 0 atom stereocenters. The van der Waals surface area contributed by atoms with E-state index in [9.17, 15) is 0 Å². The second kappa shape index (κ2) is 12.9. The molecule has 0 aliphatic carbocycles. The summed E-state index contributed by atoms with van der Waals surface area (Å²) >= 11 is 0. The van der Waals surface area contributed by atoms with Crippen LogP contribution in [0.15, 0.2) is 41.5 Å². The molecule has 1 aromatic carbocycles. The molecule has 2 aromatic rings. The predicted octanol–water partition coefficient (Wildman–Crippen LogP) is 4.21. The molecule has 1 aromatic heterocycles. The van der Waals surface area contributed by atoms with Gasteiger partial charge >= 0.3 is 0 Å². The number of piperidine rings is 1. The molecule has 6 nitrogen and oxygen atoms in total. The molecule has 30 heavy (non-hydrogen) atoms. The van der Waals surface area contributed by atoms with Crippen LogP contribution in [0.5, 0.6) is 0 Å². The molecule has 2 heterocycles. The van der Waals surface area contributed by atoms with Gasteiger partial charge in [0, 0.05) is 20.6 Å². The second-order valence-electron chi connectivity index (χ2n) is 8.17. The van der Waals surface area contributed by atoms with E-state index in [0.29, 0.717) is 6.54 Å². The summed E-state index contributed by atoms with van der Waals surface area (Å²) in [6.07, 6.45) is 7.01. The number of imidazole rings is 1. The van der Waals surface area contributed by atoms with Crippen molar-refractivity contribution in [1.29, 1.82) is 0 Å². The summed E-state index contributed by atoms with van der Waals surface area (Å²) in [6.45, 7) is 7.78. The maximum atomic E-state index is 4.53. The largest absolute Gasteiger partial charge is 0.356 e. The highest BCUT2D eigenvalue weighted by atomic mass is 127. The number of likely N-dealkylation sites (tertiary alicyclic amines) is 1. The molecule has 166 valence electrons. The van der Waals surface area contributed by atoms with Crippen molar-refractivity contribution in [2.45, 2.75) is 39.2 Å². The van der Waals surface area contributed by atoms with Crippen LogP contribution in [0.2, 0.25) is 0 Å². The maximum absolute atomic E-state index is 4.53. The Morgan fingerprint density at radius 1 is 1.23 bits per heavy atom. The van der Waals surface area contributed by atoms with Crippen LogP contribution in [0, 0.1) is 5.92 Å². The highest BCUT2D eigenvalue weighted by molar-refractivity contribution is 14.0. The van der Waals surface area contributed by atoms with Crippen LogP contribution in [0.25, 0.3) is 11.3 Å². The number of rotatable bonds is 8. The molecule has 1 saturated heterocycles. The van der Waals surface area contributed by atoms with Crippen LogP contribution in [-0.2, 0) is 6.54 Å². The molecule has 1 aliphatic heterocycles. The van der Waals surface area contributed by atoms with E-state index in [0.717, 1.165) is 41.9 Å². The van der Waals surface area contributed by atoms with Crippen molar-refractivity contribution in [2.24, 2.45) is 10.9 Å². The van der Waals surface area contributed by atoms with Gasteiger partial charge in [-0.2, -0.15) is 0 Å². The fourth-order valence-corrected chi connectivity index (χ4v) is 3.84. The number of halogens is 1. The van der Waals surface area contributed by atoms with Gasteiger partial charge in [-0.05, 0) is 56.8 Å². The molecule has 1 aliphatic rings. The van der Waals surface area contributed by atoms with Crippen molar-refractivity contribution in [1.82, 2.24) is 25.1 Å². The molecule has 0 spiro atoms. The third-order valence-corrected chi connectivity index (χ3v) is 5.73. The Morgan fingerprint density at radius 2 is 1.97 bits per heavy atom. The maximum Gasteiger partial charge on any atom is 0.193 e. The minimum absolute atomic E-state index is 0. The van der Waals surface area contributed by atoms with Gasteiger partial charge in [0.15, 0.2) is 5.96 Å². The zero-order valence-corrected chi connectivity index (χ0v) is 20.9. The molecule has 0 saturated carbocycles. The zero-order chi connectivity index (χ0) is 20.5. The molecule has 3 rings (SSSR count). The topological polar surface area (TPSA) is 59.6 Å². The fourth-order valence-electron chi connectivity index (χ4n) is 3.84. The molecule has 0 unspecified atom stereocenters. The normalized spacial score (nSPS) is 15.6. The van der Waals surface area contributed by atoms with Gasteiger partial charge in [-0.3, -0.25) is 4.99 Å². The highest BCUT2D eigenvalue weighted by Gasteiger charge is 2.15. The molecular weight excluding hydrogens is 487 g/mol. The Bertz CT molecular complexity index is 752. The number of nitrogens with one attached hydrogen (secondary N) is 2. The number of H-pyrrole nitrogens is 1. The zero-order valence-electron chi connectivity index (χ0n) is 18.6. The van der Waals surface area contributed by atoms with Crippen LogP contribution >= 0.6 is 24.0 Å². The lowest BCUT2D eigenvalue weighted by molar-refractivity contribution is 0.189. The number of aromatic amines is 1. The third kappa shape index (κ3) is 7.58. The number of aromatic nitrogens is 2. The van der Waals surface area contributed by atoms with Crippen molar-refractivity contribution < 1.29 is 0 Å². The smallest absolute Gasteiger partial charge is 0.193 e.